The van der Waals surface area contributed by atoms with Crippen molar-refractivity contribution in [2.45, 2.75) is 90.4 Å². The van der Waals surface area contributed by atoms with Crippen LogP contribution < -0.4 is 4.74 Å². The van der Waals surface area contributed by atoms with Crippen LogP contribution in [0.2, 0.25) is 0 Å². The van der Waals surface area contributed by atoms with Crippen molar-refractivity contribution in [1.82, 2.24) is 0 Å². The number of benzene rings is 2. The first-order valence-electron chi connectivity index (χ1n) is 11.7. The molecule has 29 heavy (non-hydrogen) atoms. The average Bonchev–Trinajstić information content (AvgIpc) is 2.76. The first-order chi connectivity index (χ1) is 14.3. The number of hydrogen-bond acceptors (Lipinski definition) is 2. The molecule has 0 aliphatic heterocycles. The number of aryl methyl sites for hydroxylation is 1. The highest BCUT2D eigenvalue weighted by atomic mass is 16.5. The van der Waals surface area contributed by atoms with Crippen LogP contribution in [-0.2, 0) is 6.42 Å². The van der Waals surface area contributed by atoms with E-state index in [9.17, 15) is 4.79 Å². The van der Waals surface area contributed by atoms with Gasteiger partial charge in [0.1, 0.15) is 5.75 Å². The summed E-state index contributed by atoms with van der Waals surface area (Å²) in [6, 6.07) is 17.1. The summed E-state index contributed by atoms with van der Waals surface area (Å²) in [5.41, 5.74) is 1.89. The van der Waals surface area contributed by atoms with Gasteiger partial charge in [0.25, 0.3) is 0 Å². The molecule has 0 fully saturated rings. The number of unbranched alkanes of at least 4 members (excludes halogenated alkanes) is 11. The molecule has 0 aliphatic carbocycles. The number of esters is 1. The molecule has 0 spiro atoms. The fourth-order valence-corrected chi connectivity index (χ4v) is 3.63. The summed E-state index contributed by atoms with van der Waals surface area (Å²) in [5, 5.41) is 0. The summed E-state index contributed by atoms with van der Waals surface area (Å²) in [4.78, 5) is 12.1. The Labute approximate surface area is 177 Å². The van der Waals surface area contributed by atoms with Crippen molar-refractivity contribution < 1.29 is 9.53 Å². The van der Waals surface area contributed by atoms with Gasteiger partial charge in [0.15, 0.2) is 0 Å². The molecule has 0 radical (unpaired) electrons. The Morgan fingerprint density at radius 3 is 1.72 bits per heavy atom. The Kier molecular flexibility index (Phi) is 11.9. The maximum absolute atomic E-state index is 12.1. The minimum absolute atomic E-state index is 0.306. The molecule has 2 rings (SSSR count). The van der Waals surface area contributed by atoms with Crippen molar-refractivity contribution in [2.75, 3.05) is 0 Å². The summed E-state index contributed by atoms with van der Waals surface area (Å²) >= 11 is 0. The van der Waals surface area contributed by atoms with Crippen LogP contribution in [0.1, 0.15) is 99.9 Å². The highest BCUT2D eigenvalue weighted by Crippen LogP contribution is 2.17. The molecule has 0 amide bonds. The second-order valence-corrected chi connectivity index (χ2v) is 8.04. The average molecular weight is 395 g/mol. The van der Waals surface area contributed by atoms with E-state index in [-0.39, 0.29) is 5.97 Å². The topological polar surface area (TPSA) is 26.3 Å². The van der Waals surface area contributed by atoms with E-state index < -0.39 is 0 Å². The molecule has 0 saturated heterocycles. The Morgan fingerprint density at radius 2 is 1.17 bits per heavy atom. The molecule has 0 bridgehead atoms. The van der Waals surface area contributed by atoms with Gasteiger partial charge in [0.05, 0.1) is 5.56 Å². The quantitative estimate of drug-likeness (QED) is 0.173. The zero-order valence-corrected chi connectivity index (χ0v) is 18.2. The van der Waals surface area contributed by atoms with Crippen molar-refractivity contribution in [3.8, 4) is 5.75 Å². The Balaban J connectivity index is 1.50. The third-order valence-corrected chi connectivity index (χ3v) is 5.46. The van der Waals surface area contributed by atoms with Crippen molar-refractivity contribution in [2.24, 2.45) is 0 Å². The van der Waals surface area contributed by atoms with Gasteiger partial charge in [-0.05, 0) is 42.7 Å². The molecular weight excluding hydrogens is 356 g/mol. The zero-order valence-electron chi connectivity index (χ0n) is 18.2. The van der Waals surface area contributed by atoms with Crippen LogP contribution in [0.4, 0.5) is 0 Å². The van der Waals surface area contributed by atoms with Crippen LogP contribution in [0.25, 0.3) is 0 Å². The number of carbonyl (C=O) groups is 1. The van der Waals surface area contributed by atoms with E-state index in [4.69, 9.17) is 4.74 Å². The van der Waals surface area contributed by atoms with E-state index in [1.807, 2.05) is 30.3 Å². The van der Waals surface area contributed by atoms with Gasteiger partial charge in [0.2, 0.25) is 0 Å². The summed E-state index contributed by atoms with van der Waals surface area (Å²) in [6.07, 6.45) is 17.6. The zero-order chi connectivity index (χ0) is 20.6. The first kappa shape index (κ1) is 23.2. The van der Waals surface area contributed by atoms with Crippen LogP contribution in [-0.4, -0.2) is 5.97 Å². The van der Waals surface area contributed by atoms with Crippen LogP contribution in [0.3, 0.4) is 0 Å². The fourth-order valence-electron chi connectivity index (χ4n) is 3.63. The SMILES string of the molecule is CCCCCCCCCCCCCCc1ccc(OC(=O)c2ccccc2)cc1. The molecule has 0 aromatic heterocycles. The standard InChI is InChI=1S/C27H38O2/c1-2-3-4-5-6-7-8-9-10-11-12-14-17-24-20-22-26(23-21-24)29-27(28)25-18-15-13-16-19-25/h13,15-16,18-23H,2-12,14,17H2,1H3. The van der Waals surface area contributed by atoms with Gasteiger partial charge in [-0.3, -0.25) is 0 Å². The summed E-state index contributed by atoms with van der Waals surface area (Å²) < 4.78 is 5.43. The molecule has 2 aromatic rings. The molecule has 0 heterocycles. The lowest BCUT2D eigenvalue weighted by atomic mass is 10.0. The molecule has 0 aliphatic rings. The predicted molar refractivity (Wildman–Crippen MR) is 123 cm³/mol. The lowest BCUT2D eigenvalue weighted by Crippen LogP contribution is -2.08. The Bertz CT molecular complexity index is 661. The first-order valence-corrected chi connectivity index (χ1v) is 11.7. The molecule has 2 heteroatoms. The molecule has 2 aromatic carbocycles. The van der Waals surface area contributed by atoms with E-state index in [0.29, 0.717) is 11.3 Å². The molecular formula is C27H38O2. The van der Waals surface area contributed by atoms with Gasteiger partial charge in [-0.2, -0.15) is 0 Å². The van der Waals surface area contributed by atoms with E-state index in [2.05, 4.69) is 19.1 Å². The van der Waals surface area contributed by atoms with E-state index in [1.165, 1.54) is 82.6 Å². The van der Waals surface area contributed by atoms with Gasteiger partial charge in [0, 0.05) is 0 Å². The number of carbonyl (C=O) groups excluding carboxylic acids is 1. The molecule has 2 nitrogen and oxygen atoms in total. The fraction of sp³-hybridized carbons (Fsp3) is 0.519. The number of hydrogen-bond donors (Lipinski definition) is 0. The van der Waals surface area contributed by atoms with Gasteiger partial charge >= 0.3 is 5.97 Å². The highest BCUT2D eigenvalue weighted by Gasteiger charge is 2.07. The van der Waals surface area contributed by atoms with Crippen molar-refractivity contribution in [1.29, 1.82) is 0 Å². The van der Waals surface area contributed by atoms with Crippen molar-refractivity contribution >= 4 is 5.97 Å². The lowest BCUT2D eigenvalue weighted by molar-refractivity contribution is 0.0734. The summed E-state index contributed by atoms with van der Waals surface area (Å²) in [6.45, 7) is 2.28. The Morgan fingerprint density at radius 1 is 0.655 bits per heavy atom. The maximum atomic E-state index is 12.1. The van der Waals surface area contributed by atoms with Crippen LogP contribution >= 0.6 is 0 Å². The van der Waals surface area contributed by atoms with E-state index in [0.717, 1.165) is 6.42 Å². The molecule has 0 saturated carbocycles. The van der Waals surface area contributed by atoms with Crippen molar-refractivity contribution in [3.05, 3.63) is 65.7 Å². The smallest absolute Gasteiger partial charge is 0.343 e. The minimum atomic E-state index is -0.306. The third kappa shape index (κ3) is 10.3. The van der Waals surface area contributed by atoms with Gasteiger partial charge in [-0.25, -0.2) is 4.79 Å². The third-order valence-electron chi connectivity index (χ3n) is 5.46. The van der Waals surface area contributed by atoms with Gasteiger partial charge < -0.3 is 4.74 Å². The normalized spacial score (nSPS) is 10.8. The molecule has 0 N–H and O–H groups in total. The minimum Gasteiger partial charge on any atom is -0.423 e. The maximum Gasteiger partial charge on any atom is 0.343 e. The second kappa shape index (κ2) is 14.8. The second-order valence-electron chi connectivity index (χ2n) is 8.04. The molecule has 158 valence electrons. The lowest BCUT2D eigenvalue weighted by Gasteiger charge is -2.06. The molecule has 0 atom stereocenters. The van der Waals surface area contributed by atoms with Crippen molar-refractivity contribution in [3.63, 3.8) is 0 Å². The van der Waals surface area contributed by atoms with Crippen LogP contribution in [0.15, 0.2) is 54.6 Å². The Hall–Kier alpha value is -2.09. The summed E-state index contributed by atoms with van der Waals surface area (Å²) in [5.74, 6) is 0.302. The summed E-state index contributed by atoms with van der Waals surface area (Å²) in [7, 11) is 0. The van der Waals surface area contributed by atoms with Gasteiger partial charge in [-0.1, -0.05) is 108 Å². The highest BCUT2D eigenvalue weighted by molar-refractivity contribution is 5.90. The van der Waals surface area contributed by atoms with E-state index in [1.54, 1.807) is 12.1 Å². The predicted octanol–water partition coefficient (Wildman–Crippen LogP) is 8.15. The van der Waals surface area contributed by atoms with E-state index >= 15 is 0 Å². The monoisotopic (exact) mass is 394 g/mol. The van der Waals surface area contributed by atoms with Crippen LogP contribution in [0.5, 0.6) is 5.75 Å². The number of ether oxygens (including phenoxy) is 1. The number of rotatable bonds is 15. The van der Waals surface area contributed by atoms with Gasteiger partial charge in [-0.15, -0.1) is 0 Å². The molecule has 0 unspecified atom stereocenters. The largest absolute Gasteiger partial charge is 0.423 e. The van der Waals surface area contributed by atoms with Crippen LogP contribution in [0, 0.1) is 0 Å².